The first-order valence-electron chi connectivity index (χ1n) is 11.6. The van der Waals surface area contributed by atoms with Crippen LogP contribution in [0.15, 0.2) is 94.8 Å². The molecule has 5 nitrogen and oxygen atoms in total. The van der Waals surface area contributed by atoms with E-state index in [-0.39, 0.29) is 5.91 Å². The van der Waals surface area contributed by atoms with Crippen LogP contribution in [0.5, 0.6) is 11.5 Å². The van der Waals surface area contributed by atoms with Crippen LogP contribution in [-0.4, -0.2) is 30.1 Å². The molecule has 180 valence electrons. The van der Waals surface area contributed by atoms with Crippen LogP contribution in [-0.2, 0) is 11.4 Å². The first kappa shape index (κ1) is 23.7. The third-order valence-electron chi connectivity index (χ3n) is 6.01. The maximum absolute atomic E-state index is 12.9. The van der Waals surface area contributed by atoms with Crippen LogP contribution in [0.2, 0.25) is 0 Å². The van der Waals surface area contributed by atoms with Gasteiger partial charge in [-0.2, -0.15) is 0 Å². The van der Waals surface area contributed by atoms with E-state index in [2.05, 4.69) is 29.3 Å². The Morgan fingerprint density at radius 3 is 2.53 bits per heavy atom. The van der Waals surface area contributed by atoms with E-state index in [1.165, 1.54) is 28.1 Å². The molecule has 0 aliphatic carbocycles. The number of carbonyl (C=O) groups is 1. The van der Waals surface area contributed by atoms with Gasteiger partial charge in [-0.3, -0.25) is 9.69 Å². The van der Waals surface area contributed by atoms with Crippen LogP contribution in [0.4, 0.5) is 5.69 Å². The van der Waals surface area contributed by atoms with Crippen molar-refractivity contribution in [2.45, 2.75) is 13.5 Å². The molecule has 0 radical (unpaired) electrons. The van der Waals surface area contributed by atoms with Crippen LogP contribution in [0.25, 0.3) is 16.8 Å². The highest BCUT2D eigenvalue weighted by Crippen LogP contribution is 2.35. The topological polar surface area (TPSA) is 51.1 Å². The molecule has 1 aliphatic rings. The molecule has 0 bridgehead atoms. The van der Waals surface area contributed by atoms with Gasteiger partial charge in [0, 0.05) is 7.05 Å². The Morgan fingerprint density at radius 2 is 1.72 bits per heavy atom. The number of rotatable bonds is 6. The number of amidine groups is 1. The molecular weight excluding hydrogens is 468 g/mol. The highest BCUT2D eigenvalue weighted by molar-refractivity contribution is 8.18. The molecule has 4 aromatic rings. The third-order valence-corrected chi connectivity index (χ3v) is 7.07. The number of hydrogen-bond donors (Lipinski definition) is 0. The normalized spacial score (nSPS) is 15.8. The molecule has 0 saturated carbocycles. The Labute approximate surface area is 215 Å². The van der Waals surface area contributed by atoms with Gasteiger partial charge in [-0.05, 0) is 70.9 Å². The van der Waals surface area contributed by atoms with E-state index in [1.807, 2.05) is 73.7 Å². The molecule has 0 unspecified atom stereocenters. The molecule has 1 aliphatic heterocycles. The molecule has 1 amide bonds. The summed E-state index contributed by atoms with van der Waals surface area (Å²) in [4.78, 5) is 19.7. The highest BCUT2D eigenvalue weighted by atomic mass is 32.2. The zero-order valence-corrected chi connectivity index (χ0v) is 21.2. The van der Waals surface area contributed by atoms with Crippen molar-refractivity contribution in [1.29, 1.82) is 0 Å². The van der Waals surface area contributed by atoms with Crippen LogP contribution < -0.4 is 9.47 Å². The molecule has 1 saturated heterocycles. The van der Waals surface area contributed by atoms with E-state index < -0.39 is 0 Å². The van der Waals surface area contributed by atoms with E-state index in [9.17, 15) is 4.79 Å². The van der Waals surface area contributed by atoms with Crippen LogP contribution >= 0.6 is 11.8 Å². The van der Waals surface area contributed by atoms with Crippen molar-refractivity contribution in [2.75, 3.05) is 14.2 Å². The second-order valence-electron chi connectivity index (χ2n) is 8.54. The summed E-state index contributed by atoms with van der Waals surface area (Å²) >= 11 is 1.36. The number of fused-ring (bicyclic) bond motifs is 1. The lowest BCUT2D eigenvalue weighted by Crippen LogP contribution is -2.23. The molecule has 1 fully saturated rings. The summed E-state index contributed by atoms with van der Waals surface area (Å²) in [5.41, 5.74) is 3.95. The fourth-order valence-corrected chi connectivity index (χ4v) is 4.99. The van der Waals surface area contributed by atoms with Gasteiger partial charge in [0.05, 0.1) is 17.7 Å². The van der Waals surface area contributed by atoms with Gasteiger partial charge in [-0.1, -0.05) is 66.2 Å². The Morgan fingerprint density at radius 1 is 0.944 bits per heavy atom. The summed E-state index contributed by atoms with van der Waals surface area (Å²) in [5.74, 6) is 1.18. The van der Waals surface area contributed by atoms with Gasteiger partial charge < -0.3 is 9.47 Å². The largest absolute Gasteiger partial charge is 0.493 e. The van der Waals surface area contributed by atoms with Gasteiger partial charge in [0.1, 0.15) is 6.61 Å². The lowest BCUT2D eigenvalue weighted by atomic mass is 10.1. The summed E-state index contributed by atoms with van der Waals surface area (Å²) < 4.78 is 11.7. The lowest BCUT2D eigenvalue weighted by molar-refractivity contribution is -0.121. The average Bonchev–Trinajstić information content (AvgIpc) is 3.16. The van der Waals surface area contributed by atoms with Crippen molar-refractivity contribution in [3.05, 3.63) is 107 Å². The number of ether oxygens (including phenoxy) is 2. The maximum atomic E-state index is 12.9. The number of carbonyl (C=O) groups excluding carboxylic acids is 1. The molecule has 0 spiro atoms. The summed E-state index contributed by atoms with van der Waals surface area (Å²) in [6.07, 6.45) is 1.86. The molecule has 6 heteroatoms. The van der Waals surface area contributed by atoms with E-state index in [0.717, 1.165) is 16.8 Å². The number of aryl methyl sites for hydroxylation is 1. The minimum absolute atomic E-state index is 0.0823. The molecule has 4 aromatic carbocycles. The first-order chi connectivity index (χ1) is 17.5. The monoisotopic (exact) mass is 494 g/mol. The lowest BCUT2D eigenvalue weighted by Gasteiger charge is -2.13. The second kappa shape index (κ2) is 10.3. The number of amides is 1. The van der Waals surface area contributed by atoms with Crippen molar-refractivity contribution in [3.8, 4) is 11.5 Å². The van der Waals surface area contributed by atoms with Gasteiger partial charge in [-0.15, -0.1) is 0 Å². The van der Waals surface area contributed by atoms with Crippen molar-refractivity contribution in [2.24, 2.45) is 4.99 Å². The molecule has 1 heterocycles. The highest BCUT2D eigenvalue weighted by Gasteiger charge is 2.30. The number of thioether (sulfide) groups is 1. The minimum Gasteiger partial charge on any atom is -0.493 e. The number of methoxy groups -OCH3 is 1. The second-order valence-corrected chi connectivity index (χ2v) is 9.55. The van der Waals surface area contributed by atoms with Gasteiger partial charge in [0.15, 0.2) is 16.7 Å². The summed E-state index contributed by atoms with van der Waals surface area (Å²) in [7, 11) is 3.36. The minimum atomic E-state index is -0.0823. The molecular formula is C30H26N2O3S. The fourth-order valence-electron chi connectivity index (χ4n) is 4.00. The van der Waals surface area contributed by atoms with Gasteiger partial charge in [0.2, 0.25) is 0 Å². The van der Waals surface area contributed by atoms with Gasteiger partial charge in [0.25, 0.3) is 5.91 Å². The number of nitrogens with zero attached hydrogens (tertiary/aromatic N) is 2. The number of aliphatic imine (C=N–C) groups is 1. The Balaban J connectivity index is 1.35. The Kier molecular flexibility index (Phi) is 6.78. The van der Waals surface area contributed by atoms with Crippen LogP contribution in [0, 0.1) is 6.92 Å². The van der Waals surface area contributed by atoms with Crippen molar-refractivity contribution < 1.29 is 14.3 Å². The van der Waals surface area contributed by atoms with E-state index in [0.29, 0.717) is 28.2 Å². The number of likely N-dealkylation sites (N-methyl/N-ethyl adjacent to an activating group) is 1. The molecule has 0 atom stereocenters. The smallest absolute Gasteiger partial charge is 0.266 e. The predicted molar refractivity (Wildman–Crippen MR) is 148 cm³/mol. The zero-order valence-electron chi connectivity index (χ0n) is 20.4. The third kappa shape index (κ3) is 4.99. The molecule has 5 rings (SSSR count). The molecule has 0 N–H and O–H groups in total. The zero-order chi connectivity index (χ0) is 25.1. The average molecular weight is 495 g/mol. The quantitative estimate of drug-likeness (QED) is 0.272. The number of hydrogen-bond acceptors (Lipinski definition) is 5. The van der Waals surface area contributed by atoms with Crippen molar-refractivity contribution in [3.63, 3.8) is 0 Å². The van der Waals surface area contributed by atoms with Crippen LogP contribution in [0.3, 0.4) is 0 Å². The summed E-state index contributed by atoms with van der Waals surface area (Å²) in [6.45, 7) is 2.46. The van der Waals surface area contributed by atoms with Gasteiger partial charge in [-0.25, -0.2) is 4.99 Å². The SMILES string of the molecule is COc1cc(/C=C2/SC(=Nc3ccc(C)cc3)N(C)C2=O)ccc1OCc1cccc2ccccc12. The van der Waals surface area contributed by atoms with Gasteiger partial charge >= 0.3 is 0 Å². The van der Waals surface area contributed by atoms with Crippen molar-refractivity contribution in [1.82, 2.24) is 4.90 Å². The Hall–Kier alpha value is -4.03. The number of benzene rings is 4. The van der Waals surface area contributed by atoms with E-state index >= 15 is 0 Å². The fraction of sp³-hybridized carbons (Fsp3) is 0.133. The van der Waals surface area contributed by atoms with Crippen molar-refractivity contribution >= 4 is 45.4 Å². The maximum Gasteiger partial charge on any atom is 0.266 e. The van der Waals surface area contributed by atoms with Crippen LogP contribution in [0.1, 0.15) is 16.7 Å². The standard InChI is InChI=1S/C30H26N2O3S/c1-20-11-14-24(15-12-20)31-30-32(2)29(33)28(36-30)18-21-13-16-26(27(17-21)34-3)35-19-23-9-6-8-22-7-4-5-10-25(22)23/h4-18H,19H2,1-3H3/b28-18+,31-30?. The summed E-state index contributed by atoms with van der Waals surface area (Å²) in [6, 6.07) is 28.1. The van der Waals surface area contributed by atoms with E-state index in [4.69, 9.17) is 9.47 Å². The summed E-state index contributed by atoms with van der Waals surface area (Å²) in [5, 5.41) is 3.00. The predicted octanol–water partition coefficient (Wildman–Crippen LogP) is 6.97. The van der Waals surface area contributed by atoms with E-state index in [1.54, 1.807) is 19.1 Å². The Bertz CT molecular complexity index is 1490. The molecule has 36 heavy (non-hydrogen) atoms. The molecule has 0 aromatic heterocycles. The first-order valence-corrected chi connectivity index (χ1v) is 12.4.